The molecule has 0 bridgehead atoms. The number of anilines is 1. The van der Waals surface area contributed by atoms with Gasteiger partial charge in [-0.15, -0.1) is 0 Å². The van der Waals surface area contributed by atoms with Crippen LogP contribution in [0.5, 0.6) is 0 Å². The highest BCUT2D eigenvalue weighted by Crippen LogP contribution is 2.29. The molecule has 2 aromatic rings. The number of rotatable bonds is 6. The topological polar surface area (TPSA) is 106 Å². The van der Waals surface area contributed by atoms with E-state index in [-0.39, 0.29) is 23.7 Å². The number of para-hydroxylation sites is 1. The molecule has 7 nitrogen and oxygen atoms in total. The zero-order valence-corrected chi connectivity index (χ0v) is 12.4. The lowest BCUT2D eigenvalue weighted by Gasteiger charge is -2.24. The number of hydrogen-bond acceptors (Lipinski definition) is 4. The summed E-state index contributed by atoms with van der Waals surface area (Å²) in [4.78, 5) is 2.54. The van der Waals surface area contributed by atoms with Gasteiger partial charge in [-0.25, -0.2) is 8.42 Å². The molecule has 2 rings (SSSR count). The summed E-state index contributed by atoms with van der Waals surface area (Å²) in [5, 5.41) is 12.6. The van der Waals surface area contributed by atoms with Gasteiger partial charge >= 0.3 is 0 Å². The smallest absolute Gasteiger partial charge is 0.264 e. The lowest BCUT2D eigenvalue weighted by molar-refractivity contribution is 0.306. The van der Waals surface area contributed by atoms with Crippen LogP contribution in [0.15, 0.2) is 64.6 Å². The monoisotopic (exact) mass is 318 g/mol. The van der Waals surface area contributed by atoms with E-state index < -0.39 is 10.0 Å². The van der Waals surface area contributed by atoms with E-state index in [2.05, 4.69) is 10.0 Å². The lowest BCUT2D eigenvalue weighted by Crippen LogP contribution is -2.33. The number of aliphatic hydroxyl groups excluding tert-OH is 1. The average Bonchev–Trinajstić information content (AvgIpc) is 2.54. The Bertz CT molecular complexity index is 787. The molecule has 0 aliphatic carbocycles. The Kier molecular flexibility index (Phi) is 5.00. The fourth-order valence-electron chi connectivity index (χ4n) is 2.00. The van der Waals surface area contributed by atoms with E-state index in [1.165, 1.54) is 12.1 Å². The van der Waals surface area contributed by atoms with Crippen LogP contribution in [0.25, 0.3) is 10.4 Å². The summed E-state index contributed by atoms with van der Waals surface area (Å²) in [6.07, 6.45) is 0. The van der Waals surface area contributed by atoms with Crippen LogP contribution in [0.1, 0.15) is 0 Å². The van der Waals surface area contributed by atoms with E-state index in [1.807, 2.05) is 0 Å². The predicted octanol–water partition coefficient (Wildman–Crippen LogP) is 2.82. The molecule has 0 saturated carbocycles. The maximum atomic E-state index is 12.8. The minimum Gasteiger partial charge on any atom is -0.394 e. The highest BCUT2D eigenvalue weighted by Gasteiger charge is 2.26. The molecule has 22 heavy (non-hydrogen) atoms. The van der Waals surface area contributed by atoms with Crippen molar-refractivity contribution in [3.05, 3.63) is 65.0 Å². The summed E-state index contributed by atoms with van der Waals surface area (Å²) in [6.45, 7) is -0.436. The molecule has 114 valence electrons. The molecule has 0 saturated heterocycles. The fraction of sp³-hybridized carbons (Fsp3) is 0.143. The van der Waals surface area contributed by atoms with Gasteiger partial charge < -0.3 is 5.11 Å². The van der Waals surface area contributed by atoms with Gasteiger partial charge in [-0.2, -0.15) is 0 Å². The van der Waals surface area contributed by atoms with Crippen molar-refractivity contribution < 1.29 is 13.5 Å². The van der Waals surface area contributed by atoms with E-state index >= 15 is 0 Å². The first-order chi connectivity index (χ1) is 10.6. The number of azide groups is 1. The van der Waals surface area contributed by atoms with Gasteiger partial charge in [-0.3, -0.25) is 4.31 Å². The van der Waals surface area contributed by atoms with Crippen LogP contribution >= 0.6 is 0 Å². The number of benzene rings is 2. The first kappa shape index (κ1) is 15.8. The first-order valence-electron chi connectivity index (χ1n) is 6.44. The van der Waals surface area contributed by atoms with Crippen LogP contribution in [0.3, 0.4) is 0 Å². The van der Waals surface area contributed by atoms with Crippen LogP contribution in [-0.2, 0) is 10.0 Å². The van der Waals surface area contributed by atoms with E-state index in [4.69, 9.17) is 5.53 Å². The zero-order valence-electron chi connectivity index (χ0n) is 11.6. The third-order valence-electron chi connectivity index (χ3n) is 2.93. The van der Waals surface area contributed by atoms with Gasteiger partial charge in [0, 0.05) is 4.91 Å². The van der Waals surface area contributed by atoms with Crippen LogP contribution in [0.2, 0.25) is 0 Å². The molecule has 0 amide bonds. The molecule has 0 aliphatic heterocycles. The second-order valence-electron chi connectivity index (χ2n) is 4.29. The second kappa shape index (κ2) is 6.95. The molecule has 0 unspecified atom stereocenters. The molecule has 0 radical (unpaired) electrons. The van der Waals surface area contributed by atoms with Crippen molar-refractivity contribution >= 4 is 21.4 Å². The Morgan fingerprint density at radius 2 is 1.73 bits per heavy atom. The molecule has 0 fully saturated rings. The van der Waals surface area contributed by atoms with E-state index in [0.29, 0.717) is 5.69 Å². The van der Waals surface area contributed by atoms with Gasteiger partial charge in [0.05, 0.1) is 29.4 Å². The molecule has 8 heteroatoms. The molecule has 1 N–H and O–H groups in total. The molecule has 0 heterocycles. The highest BCUT2D eigenvalue weighted by atomic mass is 32.2. The maximum absolute atomic E-state index is 12.8. The Morgan fingerprint density at radius 1 is 1.09 bits per heavy atom. The summed E-state index contributed by atoms with van der Waals surface area (Å²) in [5.74, 6) is 0. The Labute approximate surface area is 128 Å². The van der Waals surface area contributed by atoms with Gasteiger partial charge in [0.2, 0.25) is 0 Å². The van der Waals surface area contributed by atoms with Gasteiger partial charge in [0.1, 0.15) is 0 Å². The van der Waals surface area contributed by atoms with E-state index in [0.717, 1.165) is 4.31 Å². The number of sulfonamides is 1. The average molecular weight is 318 g/mol. The Balaban J connectivity index is 2.58. The third kappa shape index (κ3) is 3.20. The maximum Gasteiger partial charge on any atom is 0.264 e. The van der Waals surface area contributed by atoms with E-state index in [1.54, 1.807) is 42.5 Å². The summed E-state index contributed by atoms with van der Waals surface area (Å²) in [5.41, 5.74) is 9.02. The predicted molar refractivity (Wildman–Crippen MR) is 83.3 cm³/mol. The lowest BCUT2D eigenvalue weighted by atomic mass is 10.3. The van der Waals surface area contributed by atoms with Gasteiger partial charge in [-0.05, 0) is 23.7 Å². The Hall–Kier alpha value is -2.54. The van der Waals surface area contributed by atoms with Gasteiger partial charge in [0.15, 0.2) is 0 Å². The normalized spacial score (nSPS) is 10.8. The summed E-state index contributed by atoms with van der Waals surface area (Å²) in [7, 11) is -3.96. The number of aliphatic hydroxyl groups is 1. The zero-order chi connectivity index (χ0) is 16.0. The van der Waals surface area contributed by atoms with Crippen LogP contribution in [-0.4, -0.2) is 26.7 Å². The molecular weight excluding hydrogens is 304 g/mol. The van der Waals surface area contributed by atoms with Gasteiger partial charge in [0.25, 0.3) is 10.0 Å². The quantitative estimate of drug-likeness (QED) is 0.502. The first-order valence-corrected chi connectivity index (χ1v) is 7.88. The standard InChI is InChI=1S/C14H14N4O3S/c15-17-16-13-8-4-5-9-14(13)22(20,21)18(10-11-19)12-6-2-1-3-7-12/h1-9,19H,10-11H2. The van der Waals surface area contributed by atoms with Crippen molar-refractivity contribution in [1.82, 2.24) is 0 Å². The molecule has 0 aliphatic rings. The van der Waals surface area contributed by atoms with Crippen molar-refractivity contribution in [1.29, 1.82) is 0 Å². The molecule has 0 aromatic heterocycles. The van der Waals surface area contributed by atoms with Crippen LogP contribution in [0.4, 0.5) is 11.4 Å². The largest absolute Gasteiger partial charge is 0.394 e. The third-order valence-corrected chi connectivity index (χ3v) is 4.81. The molecule has 2 aromatic carbocycles. The molecular formula is C14H14N4O3S. The van der Waals surface area contributed by atoms with Crippen LogP contribution in [0, 0.1) is 0 Å². The van der Waals surface area contributed by atoms with Crippen molar-refractivity contribution in [3.63, 3.8) is 0 Å². The van der Waals surface area contributed by atoms with Crippen molar-refractivity contribution in [2.75, 3.05) is 17.5 Å². The van der Waals surface area contributed by atoms with Crippen molar-refractivity contribution in [3.8, 4) is 0 Å². The molecule has 0 spiro atoms. The van der Waals surface area contributed by atoms with Gasteiger partial charge in [-0.1, -0.05) is 41.5 Å². The molecule has 0 atom stereocenters. The second-order valence-corrected chi connectivity index (χ2v) is 6.12. The summed E-state index contributed by atoms with van der Waals surface area (Å²) >= 11 is 0. The van der Waals surface area contributed by atoms with Crippen molar-refractivity contribution in [2.24, 2.45) is 5.11 Å². The Morgan fingerprint density at radius 3 is 2.36 bits per heavy atom. The van der Waals surface area contributed by atoms with Crippen molar-refractivity contribution in [2.45, 2.75) is 4.90 Å². The summed E-state index contributed by atoms with van der Waals surface area (Å²) < 4.78 is 26.8. The SMILES string of the molecule is [N-]=[N+]=Nc1ccccc1S(=O)(=O)N(CCO)c1ccccc1. The fourth-order valence-corrected chi connectivity index (χ4v) is 3.58. The summed E-state index contributed by atoms with van der Waals surface area (Å²) in [6, 6.07) is 14.4. The number of nitrogens with zero attached hydrogens (tertiary/aromatic N) is 4. The minimum absolute atomic E-state index is 0.0175. The number of hydrogen-bond donors (Lipinski definition) is 1. The highest BCUT2D eigenvalue weighted by molar-refractivity contribution is 7.93. The van der Waals surface area contributed by atoms with Crippen LogP contribution < -0.4 is 4.31 Å². The minimum atomic E-state index is -3.96. The van der Waals surface area contributed by atoms with E-state index in [9.17, 15) is 13.5 Å².